The van der Waals surface area contributed by atoms with Crippen molar-refractivity contribution in [1.29, 1.82) is 0 Å². The maximum atomic E-state index is 5.88. The lowest BCUT2D eigenvalue weighted by Crippen LogP contribution is -2.48. The second-order valence-electron chi connectivity index (χ2n) is 7.80. The van der Waals surface area contributed by atoms with Crippen molar-refractivity contribution in [2.75, 3.05) is 51.3 Å². The molecular formula is C24H37N5OS. The number of thiophene rings is 1. The monoisotopic (exact) mass is 443 g/mol. The van der Waals surface area contributed by atoms with Crippen LogP contribution in [0.5, 0.6) is 5.75 Å². The zero-order valence-electron chi connectivity index (χ0n) is 19.1. The van der Waals surface area contributed by atoms with Crippen molar-refractivity contribution in [3.05, 3.63) is 47.3 Å². The first-order valence-corrected chi connectivity index (χ1v) is 12.3. The highest BCUT2D eigenvalue weighted by Gasteiger charge is 2.20. The van der Waals surface area contributed by atoms with E-state index < -0.39 is 0 Å². The number of rotatable bonds is 10. The van der Waals surface area contributed by atoms with Crippen molar-refractivity contribution in [1.82, 2.24) is 15.5 Å². The second-order valence-corrected chi connectivity index (χ2v) is 8.73. The predicted octanol–water partition coefficient (Wildman–Crippen LogP) is 3.80. The van der Waals surface area contributed by atoms with Gasteiger partial charge in [-0.2, -0.15) is 0 Å². The molecule has 1 aromatic carbocycles. The van der Waals surface area contributed by atoms with Gasteiger partial charge >= 0.3 is 0 Å². The van der Waals surface area contributed by atoms with Crippen LogP contribution in [-0.4, -0.2) is 63.3 Å². The zero-order chi connectivity index (χ0) is 21.9. The number of hydrogen-bond donors (Lipinski definition) is 2. The van der Waals surface area contributed by atoms with Crippen LogP contribution >= 0.6 is 11.3 Å². The summed E-state index contributed by atoms with van der Waals surface area (Å²) in [5.41, 5.74) is 1.21. The smallest absolute Gasteiger partial charge is 0.191 e. The van der Waals surface area contributed by atoms with Gasteiger partial charge in [0, 0.05) is 39.3 Å². The molecule has 0 unspecified atom stereocenters. The molecule has 1 fully saturated rings. The summed E-state index contributed by atoms with van der Waals surface area (Å²) in [5, 5.41) is 10.6. The van der Waals surface area contributed by atoms with E-state index in [1.165, 1.54) is 10.6 Å². The van der Waals surface area contributed by atoms with Crippen molar-refractivity contribution < 1.29 is 4.74 Å². The Morgan fingerprint density at radius 2 is 1.90 bits per heavy atom. The standard InChI is InChI=1S/C24H37N5OS/c1-4-28(5-2)16-17-30-22-10-8-20(9-11-22)19-26-24(25-3)27-21-12-14-29(15-13-21)23-7-6-18-31-23/h6-11,18,21H,4-5,12-17,19H2,1-3H3,(H2,25,26,27). The van der Waals surface area contributed by atoms with Gasteiger partial charge in [0.25, 0.3) is 0 Å². The molecule has 6 nitrogen and oxygen atoms in total. The first-order chi connectivity index (χ1) is 15.2. The number of piperidine rings is 1. The topological polar surface area (TPSA) is 52.1 Å². The number of hydrogen-bond acceptors (Lipinski definition) is 5. The third-order valence-electron chi connectivity index (χ3n) is 5.83. The Bertz CT molecular complexity index is 766. The molecule has 170 valence electrons. The van der Waals surface area contributed by atoms with Crippen molar-refractivity contribution >= 4 is 22.3 Å². The third-order valence-corrected chi connectivity index (χ3v) is 6.76. The molecule has 0 atom stereocenters. The summed E-state index contributed by atoms with van der Waals surface area (Å²) >= 11 is 1.82. The van der Waals surface area contributed by atoms with Gasteiger partial charge in [-0.25, -0.2) is 0 Å². The van der Waals surface area contributed by atoms with Gasteiger partial charge in [0.15, 0.2) is 5.96 Å². The lowest BCUT2D eigenvalue weighted by molar-refractivity contribution is 0.223. The Balaban J connectivity index is 1.37. The molecular weight excluding hydrogens is 406 g/mol. The first kappa shape index (κ1) is 23.4. The number of guanidine groups is 1. The van der Waals surface area contributed by atoms with Crippen molar-refractivity contribution in [2.24, 2.45) is 4.99 Å². The lowest BCUT2D eigenvalue weighted by atomic mass is 10.1. The van der Waals surface area contributed by atoms with Gasteiger partial charge in [-0.05, 0) is 61.1 Å². The van der Waals surface area contributed by atoms with Gasteiger partial charge in [-0.15, -0.1) is 11.3 Å². The molecule has 3 rings (SSSR count). The summed E-state index contributed by atoms with van der Waals surface area (Å²) in [6.45, 7) is 11.1. The molecule has 0 saturated carbocycles. The van der Waals surface area contributed by atoms with Crippen molar-refractivity contribution in [2.45, 2.75) is 39.3 Å². The quantitative estimate of drug-likeness (QED) is 0.432. The van der Waals surface area contributed by atoms with E-state index in [2.05, 4.69) is 81.1 Å². The minimum atomic E-state index is 0.462. The number of aliphatic imine (C=N–C) groups is 1. The normalized spacial score (nSPS) is 15.4. The van der Waals surface area contributed by atoms with Crippen molar-refractivity contribution in [3.8, 4) is 5.75 Å². The van der Waals surface area contributed by atoms with Crippen LogP contribution in [0.15, 0.2) is 46.8 Å². The van der Waals surface area contributed by atoms with E-state index in [0.29, 0.717) is 6.04 Å². The molecule has 1 saturated heterocycles. The number of nitrogens with zero attached hydrogens (tertiary/aromatic N) is 3. The van der Waals surface area contributed by atoms with E-state index in [4.69, 9.17) is 4.74 Å². The van der Waals surface area contributed by atoms with Crippen LogP contribution in [-0.2, 0) is 6.54 Å². The molecule has 1 aliphatic heterocycles. The zero-order valence-corrected chi connectivity index (χ0v) is 20.0. The number of nitrogens with one attached hydrogen (secondary N) is 2. The fourth-order valence-electron chi connectivity index (χ4n) is 3.80. The van der Waals surface area contributed by atoms with Crippen LogP contribution in [0.1, 0.15) is 32.3 Å². The van der Waals surface area contributed by atoms with E-state index in [1.807, 2.05) is 18.4 Å². The Labute approximate surface area is 191 Å². The minimum absolute atomic E-state index is 0.462. The van der Waals surface area contributed by atoms with Crippen molar-refractivity contribution in [3.63, 3.8) is 0 Å². The predicted molar refractivity (Wildman–Crippen MR) is 133 cm³/mol. The SMILES string of the molecule is CCN(CC)CCOc1ccc(CNC(=NC)NC2CCN(c3cccs3)CC2)cc1. The highest BCUT2D eigenvalue weighted by atomic mass is 32.1. The fourth-order valence-corrected chi connectivity index (χ4v) is 4.59. The van der Waals surface area contributed by atoms with E-state index in [0.717, 1.165) is 70.4 Å². The van der Waals surface area contributed by atoms with E-state index in [1.54, 1.807) is 0 Å². The molecule has 0 bridgehead atoms. The molecule has 0 amide bonds. The van der Waals surface area contributed by atoms with E-state index in [-0.39, 0.29) is 0 Å². The molecule has 1 aliphatic rings. The number of anilines is 1. The Morgan fingerprint density at radius 3 is 2.52 bits per heavy atom. The molecule has 2 heterocycles. The summed E-state index contributed by atoms with van der Waals surface area (Å²) in [4.78, 5) is 9.25. The average Bonchev–Trinajstić information content (AvgIpc) is 3.36. The molecule has 2 N–H and O–H groups in total. The van der Waals surface area contributed by atoms with Gasteiger partial charge < -0.3 is 25.2 Å². The Morgan fingerprint density at radius 1 is 1.16 bits per heavy atom. The van der Waals surface area contributed by atoms with Gasteiger partial charge in [0.2, 0.25) is 0 Å². The average molecular weight is 444 g/mol. The summed E-state index contributed by atoms with van der Waals surface area (Å²) in [6.07, 6.45) is 2.25. The summed E-state index contributed by atoms with van der Waals surface area (Å²) in [5.74, 6) is 1.80. The Hall–Kier alpha value is -2.25. The van der Waals surface area contributed by atoms with Crippen LogP contribution in [0.4, 0.5) is 5.00 Å². The number of ether oxygens (including phenoxy) is 1. The Kier molecular flexibility index (Phi) is 9.49. The molecule has 0 spiro atoms. The van der Waals surface area contributed by atoms with Crippen LogP contribution in [0.3, 0.4) is 0 Å². The van der Waals surface area contributed by atoms with Crippen LogP contribution < -0.4 is 20.3 Å². The lowest BCUT2D eigenvalue weighted by Gasteiger charge is -2.33. The molecule has 7 heteroatoms. The molecule has 0 radical (unpaired) electrons. The summed E-state index contributed by atoms with van der Waals surface area (Å²) < 4.78 is 5.88. The van der Waals surface area contributed by atoms with Gasteiger partial charge in [0.1, 0.15) is 12.4 Å². The van der Waals surface area contributed by atoms with Crippen LogP contribution in [0.2, 0.25) is 0 Å². The number of likely N-dealkylation sites (N-methyl/N-ethyl adjacent to an activating group) is 1. The molecule has 0 aliphatic carbocycles. The highest BCUT2D eigenvalue weighted by molar-refractivity contribution is 7.14. The maximum Gasteiger partial charge on any atom is 0.191 e. The van der Waals surface area contributed by atoms with Crippen LogP contribution in [0.25, 0.3) is 0 Å². The van der Waals surface area contributed by atoms with E-state index in [9.17, 15) is 0 Å². The maximum absolute atomic E-state index is 5.88. The van der Waals surface area contributed by atoms with Crippen LogP contribution in [0, 0.1) is 0 Å². The molecule has 1 aromatic heterocycles. The minimum Gasteiger partial charge on any atom is -0.492 e. The first-order valence-electron chi connectivity index (χ1n) is 11.4. The summed E-state index contributed by atoms with van der Waals surface area (Å²) in [6, 6.07) is 13.1. The second kappa shape index (κ2) is 12.6. The van der Waals surface area contributed by atoms with Gasteiger partial charge in [0.05, 0.1) is 5.00 Å². The highest BCUT2D eigenvalue weighted by Crippen LogP contribution is 2.24. The number of benzene rings is 1. The molecule has 2 aromatic rings. The third kappa shape index (κ3) is 7.43. The fraction of sp³-hybridized carbons (Fsp3) is 0.542. The molecule has 31 heavy (non-hydrogen) atoms. The van der Waals surface area contributed by atoms with Gasteiger partial charge in [-0.3, -0.25) is 4.99 Å². The largest absolute Gasteiger partial charge is 0.492 e. The summed E-state index contributed by atoms with van der Waals surface area (Å²) in [7, 11) is 1.84. The van der Waals surface area contributed by atoms with Gasteiger partial charge in [-0.1, -0.05) is 26.0 Å². The van der Waals surface area contributed by atoms with E-state index >= 15 is 0 Å².